The number of benzene rings is 2. The molecule has 0 atom stereocenters. The van der Waals surface area contributed by atoms with Gasteiger partial charge in [-0.15, -0.1) is 0 Å². The molecular formula is C19H14N2O2. The zero-order valence-corrected chi connectivity index (χ0v) is 12.3. The van der Waals surface area contributed by atoms with Crippen molar-refractivity contribution in [1.82, 2.24) is 9.97 Å². The number of hydrogen-bond acceptors (Lipinski definition) is 2. The van der Waals surface area contributed by atoms with Gasteiger partial charge < -0.3 is 9.97 Å². The average molecular weight is 302 g/mol. The number of hydrogen-bond donors (Lipinski definition) is 2. The Balaban J connectivity index is 1.81. The summed E-state index contributed by atoms with van der Waals surface area (Å²) >= 11 is 0. The van der Waals surface area contributed by atoms with E-state index in [1.54, 1.807) is 12.1 Å². The molecule has 0 aliphatic carbocycles. The fourth-order valence-corrected chi connectivity index (χ4v) is 3.04. The number of carbonyl (C=O) groups excluding carboxylic acids is 2. The van der Waals surface area contributed by atoms with Gasteiger partial charge in [0.05, 0.1) is 0 Å². The van der Waals surface area contributed by atoms with Gasteiger partial charge in [-0.25, -0.2) is 0 Å². The first-order valence-corrected chi connectivity index (χ1v) is 7.39. The van der Waals surface area contributed by atoms with Crippen LogP contribution in [0.25, 0.3) is 21.8 Å². The predicted octanol–water partition coefficient (Wildman–Crippen LogP) is 3.87. The van der Waals surface area contributed by atoms with E-state index in [1.165, 1.54) is 0 Å². The topological polar surface area (TPSA) is 65.7 Å². The largest absolute Gasteiger partial charge is 0.361 e. The lowest BCUT2D eigenvalue weighted by molar-refractivity contribution is 0.111. The van der Waals surface area contributed by atoms with E-state index in [2.05, 4.69) is 9.97 Å². The highest BCUT2D eigenvalue weighted by molar-refractivity contribution is 5.92. The number of fused-ring (bicyclic) bond motifs is 2. The molecule has 0 saturated carbocycles. The zero-order valence-electron chi connectivity index (χ0n) is 12.3. The van der Waals surface area contributed by atoms with Gasteiger partial charge in [0.2, 0.25) is 0 Å². The number of aromatic amines is 2. The van der Waals surface area contributed by atoms with E-state index in [0.717, 1.165) is 51.9 Å². The molecule has 4 aromatic rings. The highest BCUT2D eigenvalue weighted by Crippen LogP contribution is 2.26. The van der Waals surface area contributed by atoms with Crippen LogP contribution in [0.15, 0.2) is 48.8 Å². The molecule has 0 unspecified atom stereocenters. The van der Waals surface area contributed by atoms with Crippen LogP contribution in [0.1, 0.15) is 31.8 Å². The van der Waals surface area contributed by atoms with Gasteiger partial charge in [-0.05, 0) is 47.5 Å². The van der Waals surface area contributed by atoms with Crippen molar-refractivity contribution < 1.29 is 9.59 Å². The zero-order chi connectivity index (χ0) is 15.8. The van der Waals surface area contributed by atoms with Gasteiger partial charge in [0.15, 0.2) is 0 Å². The number of aromatic nitrogens is 2. The van der Waals surface area contributed by atoms with Crippen LogP contribution in [0, 0.1) is 0 Å². The van der Waals surface area contributed by atoms with Crippen molar-refractivity contribution in [3.05, 3.63) is 71.0 Å². The second-order valence-corrected chi connectivity index (χ2v) is 5.65. The first kappa shape index (κ1) is 13.5. The predicted molar refractivity (Wildman–Crippen MR) is 90.2 cm³/mol. The first-order chi connectivity index (χ1) is 11.3. The van der Waals surface area contributed by atoms with Crippen LogP contribution in [-0.2, 0) is 6.42 Å². The van der Waals surface area contributed by atoms with Gasteiger partial charge in [0.1, 0.15) is 12.6 Å². The van der Waals surface area contributed by atoms with Crippen LogP contribution >= 0.6 is 0 Å². The molecule has 0 aliphatic heterocycles. The van der Waals surface area contributed by atoms with Crippen molar-refractivity contribution in [2.24, 2.45) is 0 Å². The maximum absolute atomic E-state index is 11.0. The third-order valence-corrected chi connectivity index (χ3v) is 4.24. The minimum absolute atomic E-state index is 0.667. The SMILES string of the molecule is O=Cc1ccc2[nH]cc(Cc3c[nH]c4ccc(C=O)cc34)c2c1. The summed E-state index contributed by atoms with van der Waals surface area (Å²) in [6, 6.07) is 11.2. The Labute approximate surface area is 132 Å². The van der Waals surface area contributed by atoms with E-state index in [-0.39, 0.29) is 0 Å². The minimum Gasteiger partial charge on any atom is -0.361 e. The van der Waals surface area contributed by atoms with E-state index in [4.69, 9.17) is 0 Å². The summed E-state index contributed by atoms with van der Waals surface area (Å²) in [6.45, 7) is 0. The summed E-state index contributed by atoms with van der Waals surface area (Å²) in [5, 5.41) is 2.10. The van der Waals surface area contributed by atoms with Crippen LogP contribution < -0.4 is 0 Å². The summed E-state index contributed by atoms with van der Waals surface area (Å²) in [6.07, 6.45) is 6.39. The van der Waals surface area contributed by atoms with Crippen molar-refractivity contribution >= 4 is 34.4 Å². The Kier molecular flexibility index (Phi) is 3.08. The third-order valence-electron chi connectivity index (χ3n) is 4.24. The van der Waals surface area contributed by atoms with E-state index in [9.17, 15) is 9.59 Å². The molecule has 0 spiro atoms. The van der Waals surface area contributed by atoms with Crippen LogP contribution in [-0.4, -0.2) is 22.5 Å². The number of rotatable bonds is 4. The Hall–Kier alpha value is -3.14. The monoisotopic (exact) mass is 302 g/mol. The highest BCUT2D eigenvalue weighted by atomic mass is 16.1. The summed E-state index contributed by atoms with van der Waals surface area (Å²) in [5.74, 6) is 0. The van der Waals surface area contributed by atoms with Gasteiger partial charge in [-0.2, -0.15) is 0 Å². The van der Waals surface area contributed by atoms with Gasteiger partial charge >= 0.3 is 0 Å². The standard InChI is InChI=1S/C19H14N2O2/c22-10-12-1-3-18-16(5-12)14(8-20-18)7-15-9-21-19-4-2-13(11-23)6-17(15)19/h1-6,8-11,20-21H,7H2. The molecule has 2 N–H and O–H groups in total. The van der Waals surface area contributed by atoms with Crippen molar-refractivity contribution in [2.75, 3.05) is 0 Å². The molecule has 112 valence electrons. The summed E-state index contributed by atoms with van der Waals surface area (Å²) < 4.78 is 0. The first-order valence-electron chi connectivity index (χ1n) is 7.39. The smallest absolute Gasteiger partial charge is 0.150 e. The molecule has 4 rings (SSSR count). The van der Waals surface area contributed by atoms with Crippen molar-refractivity contribution in [3.8, 4) is 0 Å². The Morgan fingerprint density at radius 1 is 0.739 bits per heavy atom. The van der Waals surface area contributed by atoms with E-state index in [0.29, 0.717) is 11.1 Å². The number of aldehydes is 2. The quantitative estimate of drug-likeness (QED) is 0.562. The maximum atomic E-state index is 11.0. The number of nitrogens with one attached hydrogen (secondary N) is 2. The molecule has 23 heavy (non-hydrogen) atoms. The lowest BCUT2D eigenvalue weighted by Crippen LogP contribution is -1.87. The maximum Gasteiger partial charge on any atom is 0.150 e. The number of H-pyrrole nitrogens is 2. The van der Waals surface area contributed by atoms with Gasteiger partial charge in [0, 0.05) is 51.7 Å². The molecule has 0 amide bonds. The Morgan fingerprint density at radius 2 is 1.22 bits per heavy atom. The molecule has 2 heterocycles. The van der Waals surface area contributed by atoms with E-state index >= 15 is 0 Å². The molecule has 4 nitrogen and oxygen atoms in total. The number of carbonyl (C=O) groups is 2. The molecule has 4 heteroatoms. The summed E-state index contributed by atoms with van der Waals surface area (Å²) in [4.78, 5) is 28.5. The molecular weight excluding hydrogens is 288 g/mol. The second kappa shape index (κ2) is 5.25. The van der Waals surface area contributed by atoms with E-state index in [1.807, 2.05) is 36.7 Å². The third kappa shape index (κ3) is 2.25. The fraction of sp³-hybridized carbons (Fsp3) is 0.0526. The van der Waals surface area contributed by atoms with Crippen LogP contribution in [0.2, 0.25) is 0 Å². The Bertz CT molecular complexity index is 956. The van der Waals surface area contributed by atoms with E-state index < -0.39 is 0 Å². The Morgan fingerprint density at radius 3 is 1.65 bits per heavy atom. The van der Waals surface area contributed by atoms with Gasteiger partial charge in [0.25, 0.3) is 0 Å². The molecule has 0 saturated heterocycles. The lowest BCUT2D eigenvalue weighted by Gasteiger charge is -2.00. The van der Waals surface area contributed by atoms with Crippen molar-refractivity contribution in [2.45, 2.75) is 6.42 Å². The second-order valence-electron chi connectivity index (χ2n) is 5.65. The van der Waals surface area contributed by atoms with Crippen LogP contribution in [0.5, 0.6) is 0 Å². The molecule has 2 aromatic heterocycles. The van der Waals surface area contributed by atoms with Crippen LogP contribution in [0.4, 0.5) is 0 Å². The van der Waals surface area contributed by atoms with Crippen LogP contribution in [0.3, 0.4) is 0 Å². The van der Waals surface area contributed by atoms with Gasteiger partial charge in [-0.1, -0.05) is 0 Å². The normalized spacial score (nSPS) is 11.1. The molecule has 2 aromatic carbocycles. The molecule has 0 bridgehead atoms. The minimum atomic E-state index is 0.667. The fourth-order valence-electron chi connectivity index (χ4n) is 3.04. The van der Waals surface area contributed by atoms with Crippen molar-refractivity contribution in [3.63, 3.8) is 0 Å². The lowest BCUT2D eigenvalue weighted by atomic mass is 10.0. The summed E-state index contributed by atoms with van der Waals surface area (Å²) in [5.41, 5.74) is 5.61. The molecule has 0 fully saturated rings. The molecule has 0 aliphatic rings. The average Bonchev–Trinajstić information content (AvgIpc) is 3.19. The summed E-state index contributed by atoms with van der Waals surface area (Å²) in [7, 11) is 0. The van der Waals surface area contributed by atoms with Gasteiger partial charge in [-0.3, -0.25) is 9.59 Å². The van der Waals surface area contributed by atoms with Crippen molar-refractivity contribution in [1.29, 1.82) is 0 Å². The molecule has 0 radical (unpaired) electrons. The highest BCUT2D eigenvalue weighted by Gasteiger charge is 2.10.